The summed E-state index contributed by atoms with van der Waals surface area (Å²) in [7, 11) is 1.28. The summed E-state index contributed by atoms with van der Waals surface area (Å²) in [5.41, 5.74) is 1.25. The molecule has 3 aromatic rings. The van der Waals surface area contributed by atoms with Crippen LogP contribution in [0.5, 0.6) is 5.75 Å². The van der Waals surface area contributed by atoms with Crippen molar-refractivity contribution < 1.29 is 27.9 Å². The molecule has 0 bridgehead atoms. The number of fused-ring (bicyclic) bond motifs is 1. The summed E-state index contributed by atoms with van der Waals surface area (Å²) in [4.78, 5) is 23.6. The zero-order chi connectivity index (χ0) is 17.3. The van der Waals surface area contributed by atoms with E-state index in [2.05, 4.69) is 4.74 Å². The average Bonchev–Trinajstić information content (AvgIpc) is 2.91. The molecule has 24 heavy (non-hydrogen) atoms. The molecule has 122 valence electrons. The second kappa shape index (κ2) is 6.16. The molecule has 0 saturated carbocycles. The Morgan fingerprint density at radius 3 is 2.42 bits per heavy atom. The summed E-state index contributed by atoms with van der Waals surface area (Å²) in [6, 6.07) is 9.93. The third-order valence-electron chi connectivity index (χ3n) is 3.57. The minimum Gasteiger partial charge on any atom is -0.465 e. The number of halogens is 1. The number of hydrogen-bond donors (Lipinski definition) is 0. The van der Waals surface area contributed by atoms with Crippen LogP contribution in [0.3, 0.4) is 0 Å². The number of rotatable bonds is 3. The van der Waals surface area contributed by atoms with Crippen LogP contribution in [0.2, 0.25) is 0 Å². The standard InChI is InChI=1S/C18H13FO5/c1-10-14-9-12(19)5-8-15(14)24-16(10)18(21)23-13-6-3-11(4-7-13)17(20)22-2/h3-9H,1-2H3. The maximum atomic E-state index is 13.3. The molecular formula is C18H13FO5. The van der Waals surface area contributed by atoms with Crippen LogP contribution in [0.15, 0.2) is 46.9 Å². The van der Waals surface area contributed by atoms with Crippen LogP contribution in [-0.4, -0.2) is 19.0 Å². The van der Waals surface area contributed by atoms with Gasteiger partial charge < -0.3 is 13.9 Å². The van der Waals surface area contributed by atoms with Crippen molar-refractivity contribution in [1.82, 2.24) is 0 Å². The first-order valence-electron chi connectivity index (χ1n) is 7.09. The molecular weight excluding hydrogens is 315 g/mol. The van der Waals surface area contributed by atoms with E-state index in [1.54, 1.807) is 6.92 Å². The van der Waals surface area contributed by atoms with Crippen LogP contribution in [0.1, 0.15) is 26.5 Å². The van der Waals surface area contributed by atoms with Crippen LogP contribution >= 0.6 is 0 Å². The Morgan fingerprint density at radius 1 is 1.04 bits per heavy atom. The number of hydrogen-bond acceptors (Lipinski definition) is 5. The van der Waals surface area contributed by atoms with Gasteiger partial charge in [0.05, 0.1) is 12.7 Å². The fraction of sp³-hybridized carbons (Fsp3) is 0.111. The van der Waals surface area contributed by atoms with Gasteiger partial charge in [-0.25, -0.2) is 14.0 Å². The minimum absolute atomic E-state index is 0.00708. The molecule has 6 heteroatoms. The van der Waals surface area contributed by atoms with Crippen molar-refractivity contribution in [3.05, 3.63) is 65.2 Å². The maximum Gasteiger partial charge on any atom is 0.379 e. The quantitative estimate of drug-likeness (QED) is 0.539. The second-order valence-corrected chi connectivity index (χ2v) is 5.10. The molecule has 3 rings (SSSR count). The van der Waals surface area contributed by atoms with Gasteiger partial charge in [0.2, 0.25) is 5.76 Å². The van der Waals surface area contributed by atoms with E-state index in [4.69, 9.17) is 9.15 Å². The minimum atomic E-state index is -0.699. The normalized spacial score (nSPS) is 10.6. The molecule has 1 aromatic heterocycles. The summed E-state index contributed by atoms with van der Waals surface area (Å²) in [5.74, 6) is -1.34. The number of methoxy groups -OCH3 is 1. The number of carbonyl (C=O) groups is 2. The first-order valence-corrected chi connectivity index (χ1v) is 7.09. The highest BCUT2D eigenvalue weighted by Gasteiger charge is 2.20. The Morgan fingerprint density at radius 2 is 1.75 bits per heavy atom. The van der Waals surface area contributed by atoms with E-state index < -0.39 is 17.8 Å². The maximum absolute atomic E-state index is 13.3. The van der Waals surface area contributed by atoms with Crippen LogP contribution in [0, 0.1) is 12.7 Å². The van der Waals surface area contributed by atoms with Gasteiger partial charge in [0.1, 0.15) is 17.1 Å². The molecule has 1 heterocycles. The number of benzene rings is 2. The van der Waals surface area contributed by atoms with Crippen molar-refractivity contribution >= 4 is 22.9 Å². The molecule has 0 amide bonds. The lowest BCUT2D eigenvalue weighted by atomic mass is 10.1. The highest BCUT2D eigenvalue weighted by atomic mass is 19.1. The summed E-state index contributed by atoms with van der Waals surface area (Å²) in [5, 5.41) is 0.517. The Balaban J connectivity index is 1.85. The number of ether oxygens (including phenoxy) is 2. The molecule has 0 fully saturated rings. The second-order valence-electron chi connectivity index (χ2n) is 5.10. The summed E-state index contributed by atoms with van der Waals surface area (Å²) in [6.07, 6.45) is 0. The number of esters is 2. The third kappa shape index (κ3) is 2.86. The zero-order valence-corrected chi connectivity index (χ0v) is 13.0. The third-order valence-corrected chi connectivity index (χ3v) is 3.57. The van der Waals surface area contributed by atoms with Gasteiger partial charge in [-0.15, -0.1) is 0 Å². The predicted octanol–water partition coefficient (Wildman–Crippen LogP) is 3.89. The largest absolute Gasteiger partial charge is 0.465 e. The molecule has 0 unspecified atom stereocenters. The Bertz CT molecular complexity index is 924. The molecule has 0 aliphatic rings. The summed E-state index contributed by atoms with van der Waals surface area (Å²) >= 11 is 0. The van der Waals surface area contributed by atoms with E-state index in [1.807, 2.05) is 0 Å². The number of carbonyl (C=O) groups excluding carboxylic acids is 2. The first kappa shape index (κ1) is 15.7. The molecule has 0 saturated heterocycles. The van der Waals surface area contributed by atoms with Crippen molar-refractivity contribution in [2.24, 2.45) is 0 Å². The Kier molecular flexibility index (Phi) is 4.04. The molecule has 2 aromatic carbocycles. The Labute approximate surface area is 136 Å². The van der Waals surface area contributed by atoms with Crippen molar-refractivity contribution in [3.8, 4) is 5.75 Å². The van der Waals surface area contributed by atoms with Gasteiger partial charge in [0.25, 0.3) is 0 Å². The highest BCUT2D eigenvalue weighted by molar-refractivity contribution is 5.97. The van der Waals surface area contributed by atoms with Crippen LogP contribution in [0.25, 0.3) is 11.0 Å². The fourth-order valence-corrected chi connectivity index (χ4v) is 2.32. The first-order chi connectivity index (χ1) is 11.5. The van der Waals surface area contributed by atoms with Crippen molar-refractivity contribution in [3.63, 3.8) is 0 Å². The van der Waals surface area contributed by atoms with Gasteiger partial charge in [-0.3, -0.25) is 0 Å². The van der Waals surface area contributed by atoms with Gasteiger partial charge in [0, 0.05) is 10.9 Å². The smallest absolute Gasteiger partial charge is 0.379 e. The monoisotopic (exact) mass is 328 g/mol. The van der Waals surface area contributed by atoms with Crippen molar-refractivity contribution in [2.45, 2.75) is 6.92 Å². The SMILES string of the molecule is COC(=O)c1ccc(OC(=O)c2oc3ccc(F)cc3c2C)cc1. The summed E-state index contributed by atoms with van der Waals surface area (Å²) < 4.78 is 28.6. The van der Waals surface area contributed by atoms with Crippen LogP contribution < -0.4 is 4.74 Å². The molecule has 0 N–H and O–H groups in total. The van der Waals surface area contributed by atoms with Crippen LogP contribution in [-0.2, 0) is 4.74 Å². The molecule has 0 aliphatic heterocycles. The fourth-order valence-electron chi connectivity index (χ4n) is 2.32. The van der Waals surface area contributed by atoms with Crippen LogP contribution in [0.4, 0.5) is 4.39 Å². The van der Waals surface area contributed by atoms with Gasteiger partial charge >= 0.3 is 11.9 Å². The van der Waals surface area contributed by atoms with E-state index in [0.29, 0.717) is 22.1 Å². The van der Waals surface area contributed by atoms with E-state index in [-0.39, 0.29) is 11.5 Å². The lowest BCUT2D eigenvalue weighted by molar-refractivity contribution is 0.0600. The Hall–Kier alpha value is -3.15. The molecule has 0 radical (unpaired) electrons. The van der Waals surface area contributed by atoms with Gasteiger partial charge in [-0.05, 0) is 49.4 Å². The average molecular weight is 328 g/mol. The molecule has 0 atom stereocenters. The summed E-state index contributed by atoms with van der Waals surface area (Å²) in [6.45, 7) is 1.65. The lowest BCUT2D eigenvalue weighted by Crippen LogP contribution is -2.09. The number of furan rings is 1. The van der Waals surface area contributed by atoms with E-state index in [9.17, 15) is 14.0 Å². The lowest BCUT2D eigenvalue weighted by Gasteiger charge is -2.04. The van der Waals surface area contributed by atoms with Crippen molar-refractivity contribution in [1.29, 1.82) is 0 Å². The number of aryl methyl sites for hydroxylation is 1. The predicted molar refractivity (Wildman–Crippen MR) is 83.6 cm³/mol. The van der Waals surface area contributed by atoms with E-state index in [0.717, 1.165) is 0 Å². The van der Waals surface area contributed by atoms with Gasteiger partial charge in [-0.2, -0.15) is 0 Å². The molecule has 0 spiro atoms. The molecule has 5 nitrogen and oxygen atoms in total. The van der Waals surface area contributed by atoms with Gasteiger partial charge in [0.15, 0.2) is 0 Å². The molecule has 0 aliphatic carbocycles. The highest BCUT2D eigenvalue weighted by Crippen LogP contribution is 2.27. The van der Waals surface area contributed by atoms with E-state index >= 15 is 0 Å². The topological polar surface area (TPSA) is 65.7 Å². The van der Waals surface area contributed by atoms with Gasteiger partial charge in [-0.1, -0.05) is 0 Å². The van der Waals surface area contributed by atoms with E-state index in [1.165, 1.54) is 49.6 Å². The zero-order valence-electron chi connectivity index (χ0n) is 13.0. The van der Waals surface area contributed by atoms with Crippen molar-refractivity contribution in [2.75, 3.05) is 7.11 Å².